The predicted molar refractivity (Wildman–Crippen MR) is 98.0 cm³/mol. The van der Waals surface area contributed by atoms with Crippen LogP contribution in [0.2, 0.25) is 0 Å². The van der Waals surface area contributed by atoms with Gasteiger partial charge in [0.2, 0.25) is 0 Å². The largest absolute Gasteiger partial charge is 0.435 e. The minimum absolute atomic E-state index is 0.322. The predicted octanol–water partition coefficient (Wildman–Crippen LogP) is 4.30. The summed E-state index contributed by atoms with van der Waals surface area (Å²) in [5, 5.41) is 7.39. The highest BCUT2D eigenvalue weighted by molar-refractivity contribution is 5.95. The van der Waals surface area contributed by atoms with Crippen LogP contribution in [0.15, 0.2) is 67.0 Å². The van der Waals surface area contributed by atoms with E-state index in [0.29, 0.717) is 17.8 Å². The second-order valence-electron chi connectivity index (χ2n) is 6.23. The second-order valence-corrected chi connectivity index (χ2v) is 6.23. The highest BCUT2D eigenvalue weighted by Crippen LogP contribution is 2.28. The molecule has 4 aromatic rings. The van der Waals surface area contributed by atoms with Gasteiger partial charge in [0.25, 0.3) is 5.91 Å². The van der Waals surface area contributed by atoms with Crippen LogP contribution in [0.1, 0.15) is 21.6 Å². The summed E-state index contributed by atoms with van der Waals surface area (Å²) >= 11 is 0. The van der Waals surface area contributed by atoms with E-state index < -0.39 is 11.9 Å². The van der Waals surface area contributed by atoms with Crippen LogP contribution in [-0.4, -0.2) is 20.7 Å². The van der Waals surface area contributed by atoms with Crippen LogP contribution < -0.4 is 5.32 Å². The van der Waals surface area contributed by atoms with E-state index in [1.807, 2.05) is 30.5 Å². The molecule has 0 saturated heterocycles. The normalized spacial score (nSPS) is 11.7. The number of halogens is 3. The lowest BCUT2D eigenvalue weighted by atomic mass is 10.1. The van der Waals surface area contributed by atoms with Gasteiger partial charge in [-0.25, -0.2) is 4.68 Å². The summed E-state index contributed by atoms with van der Waals surface area (Å²) in [7, 11) is 0. The molecule has 0 aliphatic heterocycles. The number of rotatable bonds is 4. The number of aromatic nitrogens is 3. The maximum atomic E-state index is 12.7. The summed E-state index contributed by atoms with van der Waals surface area (Å²) in [5.74, 6) is -0.322. The number of carbonyl (C=O) groups is 1. The van der Waals surface area contributed by atoms with Crippen molar-refractivity contribution < 1.29 is 18.0 Å². The van der Waals surface area contributed by atoms with Crippen molar-refractivity contribution in [1.29, 1.82) is 0 Å². The maximum Gasteiger partial charge on any atom is 0.435 e. The van der Waals surface area contributed by atoms with E-state index in [1.165, 1.54) is 12.3 Å². The standard InChI is InChI=1S/C20H15F3N4O/c21-20(22,23)18-8-10-27(26-18)15-5-1-3-13(11-15)19(28)25-12-14-4-2-6-17-16(14)7-9-24-17/h1-11,24H,12H2,(H,25,28). The third-order valence-electron chi connectivity index (χ3n) is 4.38. The lowest BCUT2D eigenvalue weighted by Gasteiger charge is -2.08. The smallest absolute Gasteiger partial charge is 0.361 e. The number of aromatic amines is 1. The quantitative estimate of drug-likeness (QED) is 0.551. The zero-order chi connectivity index (χ0) is 19.7. The molecule has 2 heterocycles. The molecule has 142 valence electrons. The third-order valence-corrected chi connectivity index (χ3v) is 4.38. The Morgan fingerprint density at radius 2 is 1.93 bits per heavy atom. The summed E-state index contributed by atoms with van der Waals surface area (Å²) < 4.78 is 39.3. The van der Waals surface area contributed by atoms with Gasteiger partial charge in [0.05, 0.1) is 5.69 Å². The van der Waals surface area contributed by atoms with Crippen molar-refractivity contribution in [2.45, 2.75) is 12.7 Å². The summed E-state index contributed by atoms with van der Waals surface area (Å²) in [6.45, 7) is 0.332. The zero-order valence-corrected chi connectivity index (χ0v) is 14.5. The van der Waals surface area contributed by atoms with E-state index >= 15 is 0 Å². The molecule has 0 saturated carbocycles. The highest BCUT2D eigenvalue weighted by Gasteiger charge is 2.33. The van der Waals surface area contributed by atoms with Crippen LogP contribution in [0.3, 0.4) is 0 Å². The summed E-state index contributed by atoms with van der Waals surface area (Å²) in [4.78, 5) is 15.6. The minimum Gasteiger partial charge on any atom is -0.361 e. The van der Waals surface area contributed by atoms with E-state index in [0.717, 1.165) is 27.2 Å². The van der Waals surface area contributed by atoms with Gasteiger partial charge >= 0.3 is 6.18 Å². The third kappa shape index (κ3) is 3.48. The van der Waals surface area contributed by atoms with Crippen molar-refractivity contribution in [1.82, 2.24) is 20.1 Å². The average molecular weight is 384 g/mol. The molecule has 0 aliphatic carbocycles. The fourth-order valence-corrected chi connectivity index (χ4v) is 2.99. The molecule has 28 heavy (non-hydrogen) atoms. The van der Waals surface area contributed by atoms with E-state index in [-0.39, 0.29) is 5.91 Å². The Balaban J connectivity index is 1.52. The van der Waals surface area contributed by atoms with Gasteiger partial charge in [0, 0.05) is 35.4 Å². The first-order valence-corrected chi connectivity index (χ1v) is 8.48. The number of hydrogen-bond acceptors (Lipinski definition) is 2. The first-order valence-electron chi connectivity index (χ1n) is 8.48. The van der Waals surface area contributed by atoms with E-state index in [9.17, 15) is 18.0 Å². The fraction of sp³-hybridized carbons (Fsp3) is 0.100. The molecule has 0 bridgehead atoms. The summed E-state index contributed by atoms with van der Waals surface area (Å²) in [6.07, 6.45) is -1.47. The van der Waals surface area contributed by atoms with Crippen LogP contribution in [0, 0.1) is 0 Å². The molecule has 8 heteroatoms. The van der Waals surface area contributed by atoms with Crippen LogP contribution in [0.4, 0.5) is 13.2 Å². The van der Waals surface area contributed by atoms with Crippen molar-refractivity contribution in [3.05, 3.63) is 83.8 Å². The van der Waals surface area contributed by atoms with Crippen LogP contribution in [0.5, 0.6) is 0 Å². The number of nitrogens with zero attached hydrogens (tertiary/aromatic N) is 2. The number of nitrogens with one attached hydrogen (secondary N) is 2. The number of carbonyl (C=O) groups excluding carboxylic acids is 1. The Hall–Kier alpha value is -3.55. The molecule has 0 aliphatic rings. The highest BCUT2D eigenvalue weighted by atomic mass is 19.4. The molecule has 2 N–H and O–H groups in total. The molecule has 0 spiro atoms. The first-order chi connectivity index (χ1) is 13.4. The Kier molecular flexibility index (Phi) is 4.38. The minimum atomic E-state index is -4.51. The van der Waals surface area contributed by atoms with Crippen molar-refractivity contribution in [2.75, 3.05) is 0 Å². The Labute approximate surface area is 157 Å². The monoisotopic (exact) mass is 384 g/mol. The number of benzene rings is 2. The zero-order valence-electron chi connectivity index (χ0n) is 14.5. The molecule has 1 amide bonds. The average Bonchev–Trinajstić information content (AvgIpc) is 3.35. The molecule has 0 fully saturated rings. The van der Waals surface area contributed by atoms with Gasteiger partial charge < -0.3 is 10.3 Å². The molecule has 0 radical (unpaired) electrons. The van der Waals surface area contributed by atoms with Crippen molar-refractivity contribution >= 4 is 16.8 Å². The SMILES string of the molecule is O=C(NCc1cccc2[nH]ccc12)c1cccc(-n2ccc(C(F)(F)F)n2)c1. The Morgan fingerprint density at radius 1 is 1.11 bits per heavy atom. The molecule has 2 aromatic carbocycles. The van der Waals surface area contributed by atoms with Crippen molar-refractivity contribution in [2.24, 2.45) is 0 Å². The molecule has 0 atom stereocenters. The Morgan fingerprint density at radius 3 is 2.71 bits per heavy atom. The Bertz CT molecular complexity index is 1140. The number of hydrogen-bond donors (Lipinski definition) is 2. The number of amides is 1. The topological polar surface area (TPSA) is 62.7 Å². The van der Waals surface area contributed by atoms with Crippen LogP contribution in [-0.2, 0) is 12.7 Å². The first kappa shape index (κ1) is 17.8. The fourth-order valence-electron chi connectivity index (χ4n) is 2.99. The lowest BCUT2D eigenvalue weighted by Crippen LogP contribution is -2.23. The van der Waals surface area contributed by atoms with E-state index in [1.54, 1.807) is 18.2 Å². The maximum absolute atomic E-state index is 12.7. The lowest BCUT2D eigenvalue weighted by molar-refractivity contribution is -0.141. The summed E-state index contributed by atoms with van der Waals surface area (Å²) in [5.41, 5.74) is 1.67. The van der Waals surface area contributed by atoms with Gasteiger partial charge in [-0.3, -0.25) is 4.79 Å². The van der Waals surface area contributed by atoms with Crippen LogP contribution >= 0.6 is 0 Å². The molecule has 4 rings (SSSR count). The molecule has 0 unspecified atom stereocenters. The van der Waals surface area contributed by atoms with Gasteiger partial charge in [-0.05, 0) is 42.0 Å². The van der Waals surface area contributed by atoms with Gasteiger partial charge in [-0.15, -0.1) is 0 Å². The van der Waals surface area contributed by atoms with E-state index in [2.05, 4.69) is 15.4 Å². The van der Waals surface area contributed by atoms with Crippen molar-refractivity contribution in [3.8, 4) is 5.69 Å². The number of alkyl halides is 3. The molecular formula is C20H15F3N4O. The summed E-state index contributed by atoms with van der Waals surface area (Å²) in [6, 6.07) is 14.9. The van der Waals surface area contributed by atoms with Gasteiger partial charge in [0.15, 0.2) is 5.69 Å². The second kappa shape index (κ2) is 6.88. The van der Waals surface area contributed by atoms with Crippen molar-refractivity contribution in [3.63, 3.8) is 0 Å². The van der Waals surface area contributed by atoms with Crippen LogP contribution in [0.25, 0.3) is 16.6 Å². The van der Waals surface area contributed by atoms with Gasteiger partial charge in [-0.1, -0.05) is 18.2 Å². The molecule has 2 aromatic heterocycles. The van der Waals surface area contributed by atoms with Gasteiger partial charge in [-0.2, -0.15) is 18.3 Å². The molecule has 5 nitrogen and oxygen atoms in total. The van der Waals surface area contributed by atoms with E-state index in [4.69, 9.17) is 0 Å². The van der Waals surface area contributed by atoms with Gasteiger partial charge in [0.1, 0.15) is 0 Å². The number of fused-ring (bicyclic) bond motifs is 1. The number of H-pyrrole nitrogens is 1. The molecular weight excluding hydrogens is 369 g/mol.